The zero-order chi connectivity index (χ0) is 19.1. The normalized spacial score (nSPS) is 18.0. The third kappa shape index (κ3) is 4.90. The molecular formula is C23H29NO3. The fraction of sp³-hybridized carbons (Fsp3) is 0.391. The molecule has 0 aliphatic carbocycles. The summed E-state index contributed by atoms with van der Waals surface area (Å²) in [7, 11) is 5.51. The lowest BCUT2D eigenvalue weighted by atomic mass is 9.96. The first-order chi connectivity index (χ1) is 13.2. The van der Waals surface area contributed by atoms with Gasteiger partial charge in [-0.2, -0.15) is 0 Å². The van der Waals surface area contributed by atoms with Crippen LogP contribution in [0.15, 0.2) is 48.5 Å². The maximum atomic E-state index is 5.80. The molecule has 0 radical (unpaired) electrons. The molecule has 0 bridgehead atoms. The third-order valence-electron chi connectivity index (χ3n) is 5.09. The summed E-state index contributed by atoms with van der Waals surface area (Å²) in [5.74, 6) is 1.59. The van der Waals surface area contributed by atoms with Crippen LogP contribution in [0, 0.1) is 0 Å². The van der Waals surface area contributed by atoms with Gasteiger partial charge in [0.25, 0.3) is 0 Å². The summed E-state index contributed by atoms with van der Waals surface area (Å²) in [5.41, 5.74) is 3.30. The molecule has 0 spiro atoms. The highest BCUT2D eigenvalue weighted by Gasteiger charge is 2.16. The van der Waals surface area contributed by atoms with Crippen molar-refractivity contribution in [1.29, 1.82) is 0 Å². The van der Waals surface area contributed by atoms with Crippen molar-refractivity contribution in [1.82, 2.24) is 4.90 Å². The van der Waals surface area contributed by atoms with Gasteiger partial charge >= 0.3 is 0 Å². The zero-order valence-corrected chi connectivity index (χ0v) is 16.5. The molecule has 144 valence electrons. The number of rotatable bonds is 7. The number of likely N-dealkylation sites (tertiary alicyclic amines) is 1. The van der Waals surface area contributed by atoms with Crippen LogP contribution in [0.2, 0.25) is 0 Å². The van der Waals surface area contributed by atoms with E-state index in [-0.39, 0.29) is 6.79 Å². The second-order valence-corrected chi connectivity index (χ2v) is 6.90. The Balaban J connectivity index is 1.95. The van der Waals surface area contributed by atoms with Gasteiger partial charge in [0.05, 0.1) is 7.11 Å². The Bertz CT molecular complexity index is 772. The summed E-state index contributed by atoms with van der Waals surface area (Å²) in [6.07, 6.45) is 8.37. The molecule has 1 unspecified atom stereocenters. The van der Waals surface area contributed by atoms with E-state index in [9.17, 15) is 0 Å². The summed E-state index contributed by atoms with van der Waals surface area (Å²) in [5, 5.41) is 0. The first-order valence-electron chi connectivity index (χ1n) is 9.50. The van der Waals surface area contributed by atoms with Crippen LogP contribution in [0.1, 0.15) is 24.8 Å². The number of hydrogen-bond acceptors (Lipinski definition) is 4. The minimum Gasteiger partial charge on any atom is -0.497 e. The maximum Gasteiger partial charge on any atom is 0.188 e. The molecule has 27 heavy (non-hydrogen) atoms. The summed E-state index contributed by atoms with van der Waals surface area (Å²) >= 11 is 0. The van der Waals surface area contributed by atoms with Crippen molar-refractivity contribution < 1.29 is 14.2 Å². The van der Waals surface area contributed by atoms with E-state index in [1.807, 2.05) is 18.2 Å². The molecule has 1 fully saturated rings. The summed E-state index contributed by atoms with van der Waals surface area (Å²) < 4.78 is 16.3. The van der Waals surface area contributed by atoms with E-state index in [1.165, 1.54) is 31.4 Å². The first-order valence-corrected chi connectivity index (χ1v) is 9.50. The molecule has 0 aromatic heterocycles. The molecule has 4 nitrogen and oxygen atoms in total. The quantitative estimate of drug-likeness (QED) is 0.655. The Morgan fingerprint density at radius 1 is 1.07 bits per heavy atom. The van der Waals surface area contributed by atoms with Crippen molar-refractivity contribution in [3.8, 4) is 22.6 Å². The van der Waals surface area contributed by atoms with Crippen LogP contribution in [0.3, 0.4) is 0 Å². The molecule has 3 rings (SSSR count). The van der Waals surface area contributed by atoms with Gasteiger partial charge in [-0.25, -0.2) is 0 Å². The van der Waals surface area contributed by atoms with Gasteiger partial charge in [0.2, 0.25) is 0 Å². The molecule has 1 aliphatic rings. The number of likely N-dealkylation sites (N-methyl/N-ethyl adjacent to an activating group) is 1. The third-order valence-corrected chi connectivity index (χ3v) is 5.09. The van der Waals surface area contributed by atoms with Gasteiger partial charge in [0, 0.05) is 18.7 Å². The van der Waals surface area contributed by atoms with Crippen molar-refractivity contribution in [2.45, 2.75) is 25.3 Å². The Morgan fingerprint density at radius 2 is 1.93 bits per heavy atom. The van der Waals surface area contributed by atoms with Gasteiger partial charge in [0.1, 0.15) is 11.5 Å². The van der Waals surface area contributed by atoms with Crippen molar-refractivity contribution in [3.63, 3.8) is 0 Å². The maximum absolute atomic E-state index is 5.80. The molecule has 0 saturated carbocycles. The fourth-order valence-corrected chi connectivity index (χ4v) is 3.54. The van der Waals surface area contributed by atoms with E-state index in [2.05, 4.69) is 48.4 Å². The van der Waals surface area contributed by atoms with Gasteiger partial charge in [-0.1, -0.05) is 42.8 Å². The zero-order valence-electron chi connectivity index (χ0n) is 16.5. The summed E-state index contributed by atoms with van der Waals surface area (Å²) in [6.45, 7) is 1.38. The summed E-state index contributed by atoms with van der Waals surface area (Å²) in [4.78, 5) is 2.43. The average Bonchev–Trinajstić information content (AvgIpc) is 2.72. The highest BCUT2D eigenvalue weighted by atomic mass is 16.7. The molecule has 2 aromatic carbocycles. The van der Waals surface area contributed by atoms with Gasteiger partial charge in [-0.05, 0) is 55.8 Å². The van der Waals surface area contributed by atoms with E-state index < -0.39 is 0 Å². The van der Waals surface area contributed by atoms with Crippen molar-refractivity contribution in [2.75, 3.05) is 34.6 Å². The summed E-state index contributed by atoms with van der Waals surface area (Å²) in [6, 6.07) is 14.8. The lowest BCUT2D eigenvalue weighted by molar-refractivity contribution is 0.0515. The molecule has 1 heterocycles. The van der Waals surface area contributed by atoms with Crippen LogP contribution >= 0.6 is 0 Å². The first kappa shape index (κ1) is 19.5. The second kappa shape index (κ2) is 9.58. The van der Waals surface area contributed by atoms with Crippen molar-refractivity contribution in [3.05, 3.63) is 54.1 Å². The molecular weight excluding hydrogens is 338 g/mol. The van der Waals surface area contributed by atoms with E-state index in [4.69, 9.17) is 14.2 Å². The van der Waals surface area contributed by atoms with E-state index >= 15 is 0 Å². The fourth-order valence-electron chi connectivity index (χ4n) is 3.54. The Kier molecular flexibility index (Phi) is 6.91. The van der Waals surface area contributed by atoms with Crippen LogP contribution in [0.5, 0.6) is 11.5 Å². The number of methoxy groups -OCH3 is 2. The molecule has 1 aliphatic heterocycles. The van der Waals surface area contributed by atoms with E-state index in [0.717, 1.165) is 22.6 Å². The molecule has 0 amide bonds. The topological polar surface area (TPSA) is 30.9 Å². The van der Waals surface area contributed by atoms with Crippen LogP contribution in [-0.4, -0.2) is 45.5 Å². The number of benzene rings is 2. The van der Waals surface area contributed by atoms with Gasteiger partial charge in [0.15, 0.2) is 6.79 Å². The molecule has 1 saturated heterocycles. The Hall–Kier alpha value is -2.30. The number of hydrogen-bond donors (Lipinski definition) is 0. The predicted octanol–water partition coefficient (Wildman–Crippen LogP) is 4.84. The highest BCUT2D eigenvalue weighted by molar-refractivity contribution is 5.80. The van der Waals surface area contributed by atoms with Gasteiger partial charge in [-0.3, -0.25) is 4.90 Å². The smallest absolute Gasteiger partial charge is 0.188 e. The lowest BCUT2D eigenvalue weighted by Gasteiger charge is -2.30. The van der Waals surface area contributed by atoms with E-state index in [0.29, 0.717) is 6.04 Å². The minimum absolute atomic E-state index is 0.213. The molecule has 0 N–H and O–H groups in total. The molecule has 1 atom stereocenters. The SMILES string of the molecule is COCOc1ccc(OC)cc1-c1ccccc1/C=C/C1CCCCN1C. The Labute approximate surface area is 162 Å². The number of nitrogens with zero attached hydrogens (tertiary/aromatic N) is 1. The van der Waals surface area contributed by atoms with Crippen LogP contribution in [0.25, 0.3) is 17.2 Å². The highest BCUT2D eigenvalue weighted by Crippen LogP contribution is 2.36. The average molecular weight is 367 g/mol. The minimum atomic E-state index is 0.213. The standard InChI is InChI=1S/C23H29NO3/c1-24-15-7-6-9-19(24)12-11-18-8-4-5-10-21(18)22-16-20(26-3)13-14-23(22)27-17-25-2/h4-5,8,10-14,16,19H,6-7,9,15,17H2,1-3H3/b12-11+. The van der Waals surface area contributed by atoms with Crippen molar-refractivity contribution in [2.24, 2.45) is 0 Å². The second-order valence-electron chi connectivity index (χ2n) is 6.90. The Morgan fingerprint density at radius 3 is 2.70 bits per heavy atom. The van der Waals surface area contributed by atoms with E-state index in [1.54, 1.807) is 14.2 Å². The lowest BCUT2D eigenvalue weighted by Crippen LogP contribution is -2.34. The van der Waals surface area contributed by atoms with Crippen LogP contribution in [0.4, 0.5) is 0 Å². The number of ether oxygens (including phenoxy) is 3. The number of piperidine rings is 1. The van der Waals surface area contributed by atoms with Gasteiger partial charge in [-0.15, -0.1) is 0 Å². The molecule has 4 heteroatoms. The van der Waals surface area contributed by atoms with Crippen molar-refractivity contribution >= 4 is 6.08 Å². The van der Waals surface area contributed by atoms with Crippen LogP contribution in [-0.2, 0) is 4.74 Å². The largest absolute Gasteiger partial charge is 0.497 e. The molecule has 2 aromatic rings. The van der Waals surface area contributed by atoms with Gasteiger partial charge < -0.3 is 14.2 Å². The predicted molar refractivity (Wildman–Crippen MR) is 110 cm³/mol. The monoisotopic (exact) mass is 367 g/mol. The van der Waals surface area contributed by atoms with Crippen LogP contribution < -0.4 is 9.47 Å².